The highest BCUT2D eigenvalue weighted by molar-refractivity contribution is 7.99. The summed E-state index contributed by atoms with van der Waals surface area (Å²) in [6, 6.07) is 6.65. The molecule has 1 aromatic rings. The average Bonchev–Trinajstić information content (AvgIpc) is 2.68. The number of nitrogens with one attached hydrogen (secondary N) is 1. The lowest BCUT2D eigenvalue weighted by Crippen LogP contribution is -2.37. The molecule has 0 unspecified atom stereocenters. The molecule has 1 N–H and O–H groups in total. The molecule has 3 rings (SSSR count). The Hall–Kier alpha value is -1.13. The van der Waals surface area contributed by atoms with Crippen LogP contribution in [0.4, 0.5) is 11.4 Å². The van der Waals surface area contributed by atoms with Gasteiger partial charge in [-0.25, -0.2) is 0 Å². The van der Waals surface area contributed by atoms with Crippen molar-refractivity contribution in [1.29, 1.82) is 0 Å². The molecule has 1 aromatic carbocycles. The van der Waals surface area contributed by atoms with Crippen LogP contribution < -0.4 is 10.2 Å². The molecule has 3 nitrogen and oxygen atoms in total. The molecule has 2 heterocycles. The van der Waals surface area contributed by atoms with Gasteiger partial charge < -0.3 is 10.2 Å². The number of hydrogen-bond acceptors (Lipinski definition) is 4. The van der Waals surface area contributed by atoms with Crippen molar-refractivity contribution < 1.29 is 0 Å². The third-order valence-corrected chi connectivity index (χ3v) is 4.82. The van der Waals surface area contributed by atoms with Crippen molar-refractivity contribution in [3.05, 3.63) is 35.4 Å². The van der Waals surface area contributed by atoms with Gasteiger partial charge in [0.05, 0.1) is 11.4 Å². The van der Waals surface area contributed by atoms with Crippen LogP contribution in [-0.2, 0) is 6.54 Å². The Morgan fingerprint density at radius 3 is 3.00 bits per heavy atom. The zero-order valence-electron chi connectivity index (χ0n) is 12.5. The van der Waals surface area contributed by atoms with Gasteiger partial charge in [0.1, 0.15) is 5.50 Å². The fraction of sp³-hybridized carbons (Fsp3) is 0.500. The van der Waals surface area contributed by atoms with Crippen LogP contribution in [0.15, 0.2) is 29.8 Å². The minimum Gasteiger partial charge on any atom is -0.355 e. The Labute approximate surface area is 126 Å². The second-order valence-electron chi connectivity index (χ2n) is 5.76. The number of para-hydroxylation sites is 1. The maximum Gasteiger partial charge on any atom is 0.148 e. The summed E-state index contributed by atoms with van der Waals surface area (Å²) in [6.07, 6.45) is 4.50. The van der Waals surface area contributed by atoms with E-state index in [1.165, 1.54) is 22.5 Å². The van der Waals surface area contributed by atoms with E-state index in [1.54, 1.807) is 0 Å². The topological polar surface area (TPSA) is 18.5 Å². The number of benzene rings is 1. The van der Waals surface area contributed by atoms with Crippen molar-refractivity contribution in [1.82, 2.24) is 4.90 Å². The second kappa shape index (κ2) is 5.70. The lowest BCUT2D eigenvalue weighted by atomic mass is 10.1. The van der Waals surface area contributed by atoms with Crippen LogP contribution >= 0.6 is 11.8 Å². The highest BCUT2D eigenvalue weighted by atomic mass is 32.2. The van der Waals surface area contributed by atoms with Gasteiger partial charge in [-0.2, -0.15) is 0 Å². The predicted molar refractivity (Wildman–Crippen MR) is 89.4 cm³/mol. The Kier molecular flexibility index (Phi) is 3.94. The number of nitrogens with zero attached hydrogens (tertiary/aromatic N) is 2. The van der Waals surface area contributed by atoms with Crippen LogP contribution in [0.3, 0.4) is 0 Å². The van der Waals surface area contributed by atoms with E-state index < -0.39 is 0 Å². The van der Waals surface area contributed by atoms with Crippen molar-refractivity contribution in [2.75, 3.05) is 36.1 Å². The highest BCUT2D eigenvalue weighted by Gasteiger charge is 2.32. The molecule has 0 saturated carbocycles. The summed E-state index contributed by atoms with van der Waals surface area (Å²) in [4.78, 5) is 5.07. The van der Waals surface area contributed by atoms with Gasteiger partial charge in [0, 0.05) is 26.2 Å². The Bertz CT molecular complexity index is 522. The van der Waals surface area contributed by atoms with E-state index in [-0.39, 0.29) is 0 Å². The van der Waals surface area contributed by atoms with E-state index in [0.29, 0.717) is 5.50 Å². The van der Waals surface area contributed by atoms with E-state index in [0.717, 1.165) is 26.2 Å². The first kappa shape index (κ1) is 13.8. The lowest BCUT2D eigenvalue weighted by Gasteiger charge is -2.25. The fourth-order valence-corrected chi connectivity index (χ4v) is 3.66. The molecule has 2 aliphatic rings. The standard InChI is InChI=1S/C16H23N3S/c1-12(2)7-8-18-9-10-19-15-13(11-18)5-4-6-14(15)17-16(19)20-3/h4-7,16-17H,8-11H2,1-3H3/t16-/m0/s1. The maximum absolute atomic E-state index is 3.62. The van der Waals surface area contributed by atoms with E-state index in [9.17, 15) is 0 Å². The van der Waals surface area contributed by atoms with Crippen LogP contribution in [0.2, 0.25) is 0 Å². The van der Waals surface area contributed by atoms with Crippen molar-refractivity contribution in [2.24, 2.45) is 0 Å². The summed E-state index contributed by atoms with van der Waals surface area (Å²) >= 11 is 1.88. The third-order valence-electron chi connectivity index (χ3n) is 4.00. The van der Waals surface area contributed by atoms with Gasteiger partial charge in [-0.3, -0.25) is 4.90 Å². The molecule has 108 valence electrons. The number of hydrogen-bond donors (Lipinski definition) is 1. The summed E-state index contributed by atoms with van der Waals surface area (Å²) in [5.74, 6) is 0. The summed E-state index contributed by atoms with van der Waals surface area (Å²) in [5, 5.41) is 3.62. The minimum atomic E-state index is 0.384. The first-order valence-corrected chi connectivity index (χ1v) is 8.51. The first-order valence-electron chi connectivity index (χ1n) is 7.22. The molecule has 20 heavy (non-hydrogen) atoms. The van der Waals surface area contributed by atoms with Crippen LogP contribution in [0.1, 0.15) is 19.4 Å². The zero-order chi connectivity index (χ0) is 14.1. The summed E-state index contributed by atoms with van der Waals surface area (Å²) < 4.78 is 0. The lowest BCUT2D eigenvalue weighted by molar-refractivity contribution is 0.307. The molecule has 4 heteroatoms. The van der Waals surface area contributed by atoms with Gasteiger partial charge in [-0.1, -0.05) is 23.8 Å². The number of thioether (sulfide) groups is 1. The van der Waals surface area contributed by atoms with Crippen LogP contribution in [-0.4, -0.2) is 36.3 Å². The predicted octanol–water partition coefficient (Wildman–Crippen LogP) is 3.35. The van der Waals surface area contributed by atoms with Crippen molar-refractivity contribution in [3.8, 4) is 0 Å². The normalized spacial score (nSPS) is 21.1. The molecule has 0 aromatic heterocycles. The van der Waals surface area contributed by atoms with E-state index in [4.69, 9.17) is 0 Å². The summed E-state index contributed by atoms with van der Waals surface area (Å²) in [7, 11) is 0. The molecule has 2 aliphatic heterocycles. The molecule has 0 fully saturated rings. The average molecular weight is 289 g/mol. The smallest absolute Gasteiger partial charge is 0.148 e. The Morgan fingerprint density at radius 1 is 1.40 bits per heavy atom. The van der Waals surface area contributed by atoms with Crippen molar-refractivity contribution in [2.45, 2.75) is 25.9 Å². The molecule has 0 spiro atoms. The van der Waals surface area contributed by atoms with Crippen LogP contribution in [0.25, 0.3) is 0 Å². The van der Waals surface area contributed by atoms with E-state index in [2.05, 4.69) is 59.5 Å². The Balaban J connectivity index is 1.88. The van der Waals surface area contributed by atoms with E-state index >= 15 is 0 Å². The summed E-state index contributed by atoms with van der Waals surface area (Å²) in [5.41, 5.74) is 5.95. The van der Waals surface area contributed by atoms with Gasteiger partial charge in [0.15, 0.2) is 0 Å². The van der Waals surface area contributed by atoms with Crippen LogP contribution in [0.5, 0.6) is 0 Å². The quantitative estimate of drug-likeness (QED) is 0.860. The highest BCUT2D eigenvalue weighted by Crippen LogP contribution is 2.41. The molecule has 0 radical (unpaired) electrons. The largest absolute Gasteiger partial charge is 0.355 e. The van der Waals surface area contributed by atoms with Gasteiger partial charge in [-0.15, -0.1) is 11.8 Å². The van der Waals surface area contributed by atoms with Gasteiger partial charge in [-0.05, 0) is 31.7 Å². The molecular weight excluding hydrogens is 266 g/mol. The van der Waals surface area contributed by atoms with Gasteiger partial charge in [0.25, 0.3) is 0 Å². The van der Waals surface area contributed by atoms with Gasteiger partial charge >= 0.3 is 0 Å². The fourth-order valence-electron chi connectivity index (χ4n) is 2.95. The minimum absolute atomic E-state index is 0.384. The van der Waals surface area contributed by atoms with Crippen molar-refractivity contribution in [3.63, 3.8) is 0 Å². The third kappa shape index (κ3) is 2.54. The SMILES string of the molecule is CS[C@H]1Nc2cccc3c2N1CCN(CC=C(C)C)C3. The molecule has 0 amide bonds. The Morgan fingerprint density at radius 2 is 2.25 bits per heavy atom. The second-order valence-corrected chi connectivity index (χ2v) is 6.67. The first-order chi connectivity index (χ1) is 9.69. The number of allylic oxidation sites excluding steroid dienone is 1. The molecular formula is C16H23N3S. The monoisotopic (exact) mass is 289 g/mol. The number of anilines is 2. The van der Waals surface area contributed by atoms with Crippen molar-refractivity contribution >= 4 is 23.1 Å². The zero-order valence-corrected chi connectivity index (χ0v) is 13.3. The van der Waals surface area contributed by atoms with E-state index in [1.807, 2.05) is 11.8 Å². The maximum atomic E-state index is 3.62. The molecule has 1 atom stereocenters. The molecule has 0 aliphatic carbocycles. The number of rotatable bonds is 3. The van der Waals surface area contributed by atoms with Crippen LogP contribution in [0, 0.1) is 0 Å². The van der Waals surface area contributed by atoms with Gasteiger partial charge in [0.2, 0.25) is 0 Å². The molecule has 0 bridgehead atoms. The summed E-state index contributed by atoms with van der Waals surface area (Å²) in [6.45, 7) is 8.67. The molecule has 0 saturated heterocycles.